The van der Waals surface area contributed by atoms with E-state index in [0.717, 1.165) is 5.56 Å². The molecule has 0 radical (unpaired) electrons. The van der Waals surface area contributed by atoms with Gasteiger partial charge >= 0.3 is 11.9 Å². The fraction of sp³-hybridized carbons (Fsp3) is 0.619. The van der Waals surface area contributed by atoms with Gasteiger partial charge in [-0.3, -0.25) is 0 Å². The molecule has 0 bridgehead atoms. The highest BCUT2D eigenvalue weighted by Gasteiger charge is 2.61. The predicted molar refractivity (Wildman–Crippen MR) is 102 cm³/mol. The minimum Gasteiger partial charge on any atom is -0.464 e. The molecule has 2 fully saturated rings. The predicted octanol–water partition coefficient (Wildman–Crippen LogP) is 0.695. The zero-order chi connectivity index (χ0) is 21.8. The zero-order valence-electron chi connectivity index (χ0n) is 17.1. The Morgan fingerprint density at radius 3 is 2.43 bits per heavy atom. The summed E-state index contributed by atoms with van der Waals surface area (Å²) in [6.07, 6.45) is -2.70. The van der Waals surface area contributed by atoms with Crippen molar-refractivity contribution in [1.29, 1.82) is 0 Å². The molecule has 1 aromatic rings. The molecule has 9 heteroatoms. The van der Waals surface area contributed by atoms with E-state index in [1.54, 1.807) is 13.8 Å². The second-order valence-corrected chi connectivity index (χ2v) is 7.43. The van der Waals surface area contributed by atoms with Crippen molar-refractivity contribution >= 4 is 11.9 Å². The molecular formula is C21H28O9. The van der Waals surface area contributed by atoms with Crippen LogP contribution in [0.3, 0.4) is 0 Å². The van der Waals surface area contributed by atoms with Crippen LogP contribution in [0.5, 0.6) is 0 Å². The monoisotopic (exact) mass is 424 g/mol. The number of carbonyl (C=O) groups excluding carboxylic acids is 2. The molecule has 0 aromatic heterocycles. The lowest BCUT2D eigenvalue weighted by molar-refractivity contribution is -0.291. The number of epoxide rings is 1. The number of esters is 2. The van der Waals surface area contributed by atoms with Gasteiger partial charge in [0.2, 0.25) is 0 Å². The third kappa shape index (κ3) is 5.16. The quantitative estimate of drug-likeness (QED) is 0.435. The Morgan fingerprint density at radius 2 is 1.77 bits per heavy atom. The van der Waals surface area contributed by atoms with Gasteiger partial charge in [0.25, 0.3) is 5.79 Å². The fourth-order valence-corrected chi connectivity index (χ4v) is 3.59. The summed E-state index contributed by atoms with van der Waals surface area (Å²) < 4.78 is 26.6. The van der Waals surface area contributed by atoms with Gasteiger partial charge in [0.15, 0.2) is 5.60 Å². The molecule has 166 valence electrons. The van der Waals surface area contributed by atoms with E-state index in [-0.39, 0.29) is 32.3 Å². The second kappa shape index (κ2) is 9.40. The van der Waals surface area contributed by atoms with Gasteiger partial charge in [-0.25, -0.2) is 9.59 Å². The van der Waals surface area contributed by atoms with Crippen LogP contribution in [-0.4, -0.2) is 71.7 Å². The average Bonchev–Trinajstić information content (AvgIpc) is 3.48. The Hall–Kier alpha value is -2.04. The van der Waals surface area contributed by atoms with E-state index in [2.05, 4.69) is 0 Å². The number of aliphatic hydroxyl groups is 2. The number of carbonyl (C=O) groups is 2. The third-order valence-electron chi connectivity index (χ3n) is 5.05. The average molecular weight is 424 g/mol. The lowest BCUT2D eigenvalue weighted by atomic mass is 9.83. The highest BCUT2D eigenvalue weighted by Crippen LogP contribution is 2.42. The standard InChI is InChI=1S/C21H28O9/c1-3-27-18(22)20(24)10-15(30-21(25,13-20)19(23)28-4-2)17-16(29-17)12-26-11-14-8-6-5-7-9-14/h5-9,15-17,24-25H,3-4,10-13H2,1-2H3/t15-,16-,17-,20+,21+/m0/s1. The molecule has 2 saturated heterocycles. The minimum absolute atomic E-state index is 0.00286. The van der Waals surface area contributed by atoms with Crippen LogP contribution < -0.4 is 0 Å². The van der Waals surface area contributed by atoms with E-state index < -0.39 is 42.0 Å². The van der Waals surface area contributed by atoms with Crippen LogP contribution in [0.15, 0.2) is 30.3 Å². The molecule has 2 heterocycles. The minimum atomic E-state index is -2.48. The SMILES string of the molecule is CCOC(=O)[C@@]1(O)C[C@@H]([C@@H]2O[C@H]2COCc2ccccc2)O[C@@](O)(C(=O)OCC)C1. The number of rotatable bonds is 9. The molecule has 5 atom stereocenters. The maximum atomic E-state index is 12.3. The molecule has 0 saturated carbocycles. The van der Waals surface area contributed by atoms with E-state index in [1.165, 1.54) is 0 Å². The van der Waals surface area contributed by atoms with Crippen molar-refractivity contribution in [2.75, 3.05) is 19.8 Å². The molecule has 0 amide bonds. The van der Waals surface area contributed by atoms with E-state index in [4.69, 9.17) is 23.7 Å². The molecule has 2 aliphatic heterocycles. The van der Waals surface area contributed by atoms with Crippen molar-refractivity contribution in [1.82, 2.24) is 0 Å². The molecule has 30 heavy (non-hydrogen) atoms. The fourth-order valence-electron chi connectivity index (χ4n) is 3.59. The molecule has 3 rings (SSSR count). The van der Waals surface area contributed by atoms with Crippen LogP contribution in [0.1, 0.15) is 32.3 Å². The van der Waals surface area contributed by atoms with Crippen LogP contribution in [-0.2, 0) is 39.9 Å². The molecule has 2 N–H and O–H groups in total. The maximum Gasteiger partial charge on any atom is 0.366 e. The van der Waals surface area contributed by atoms with Gasteiger partial charge in [0.1, 0.15) is 12.2 Å². The van der Waals surface area contributed by atoms with Crippen molar-refractivity contribution in [2.24, 2.45) is 0 Å². The lowest BCUT2D eigenvalue weighted by Gasteiger charge is -2.42. The highest BCUT2D eigenvalue weighted by atomic mass is 16.7. The smallest absolute Gasteiger partial charge is 0.366 e. The summed E-state index contributed by atoms with van der Waals surface area (Å²) in [5, 5.41) is 21.6. The summed E-state index contributed by atoms with van der Waals surface area (Å²) in [5.41, 5.74) is -1.10. The van der Waals surface area contributed by atoms with Gasteiger partial charge in [0.05, 0.1) is 39.0 Å². The van der Waals surface area contributed by atoms with Gasteiger partial charge in [-0.1, -0.05) is 30.3 Å². The number of hydrogen-bond acceptors (Lipinski definition) is 9. The van der Waals surface area contributed by atoms with Crippen molar-refractivity contribution in [3.05, 3.63) is 35.9 Å². The van der Waals surface area contributed by atoms with Gasteiger partial charge in [0, 0.05) is 6.42 Å². The molecule has 0 spiro atoms. The summed E-state index contributed by atoms with van der Waals surface area (Å²) in [6.45, 7) is 3.87. The maximum absolute atomic E-state index is 12.3. The molecule has 1 aromatic carbocycles. The first-order chi connectivity index (χ1) is 14.3. The van der Waals surface area contributed by atoms with E-state index in [0.29, 0.717) is 6.61 Å². The van der Waals surface area contributed by atoms with Crippen LogP contribution in [0.25, 0.3) is 0 Å². The lowest BCUT2D eigenvalue weighted by Crippen LogP contribution is -2.61. The summed E-state index contributed by atoms with van der Waals surface area (Å²) in [4.78, 5) is 24.6. The van der Waals surface area contributed by atoms with Crippen molar-refractivity contribution in [3.63, 3.8) is 0 Å². The molecule has 0 unspecified atom stereocenters. The molecule has 9 nitrogen and oxygen atoms in total. The number of ether oxygens (including phenoxy) is 5. The Morgan fingerprint density at radius 1 is 1.10 bits per heavy atom. The first-order valence-corrected chi connectivity index (χ1v) is 10.1. The number of hydrogen-bond donors (Lipinski definition) is 2. The van der Waals surface area contributed by atoms with Crippen LogP contribution >= 0.6 is 0 Å². The van der Waals surface area contributed by atoms with Crippen LogP contribution in [0.2, 0.25) is 0 Å². The van der Waals surface area contributed by atoms with Gasteiger partial charge in [-0.05, 0) is 19.4 Å². The van der Waals surface area contributed by atoms with Gasteiger partial charge in [-0.15, -0.1) is 0 Å². The molecule has 0 aliphatic carbocycles. The van der Waals surface area contributed by atoms with Crippen molar-refractivity contribution < 1.29 is 43.5 Å². The first kappa shape index (κ1) is 22.6. The van der Waals surface area contributed by atoms with Crippen LogP contribution in [0.4, 0.5) is 0 Å². The Balaban J connectivity index is 1.64. The Kier molecular flexibility index (Phi) is 7.10. The largest absolute Gasteiger partial charge is 0.464 e. The topological polar surface area (TPSA) is 124 Å². The van der Waals surface area contributed by atoms with E-state index in [9.17, 15) is 19.8 Å². The van der Waals surface area contributed by atoms with Crippen LogP contribution in [0, 0.1) is 0 Å². The van der Waals surface area contributed by atoms with Gasteiger partial charge in [-0.2, -0.15) is 0 Å². The number of benzene rings is 1. The van der Waals surface area contributed by atoms with Crippen molar-refractivity contribution in [2.45, 2.75) is 63.0 Å². The summed E-state index contributed by atoms with van der Waals surface area (Å²) in [7, 11) is 0. The van der Waals surface area contributed by atoms with E-state index in [1.807, 2.05) is 30.3 Å². The summed E-state index contributed by atoms with van der Waals surface area (Å²) in [6, 6.07) is 9.62. The van der Waals surface area contributed by atoms with Crippen molar-refractivity contribution in [3.8, 4) is 0 Å². The Bertz CT molecular complexity index is 707. The normalized spacial score (nSPS) is 33.0. The summed E-state index contributed by atoms with van der Waals surface area (Å²) in [5.74, 6) is -4.49. The van der Waals surface area contributed by atoms with Gasteiger partial charge < -0.3 is 33.9 Å². The molecular weight excluding hydrogens is 396 g/mol. The van der Waals surface area contributed by atoms with E-state index >= 15 is 0 Å². The second-order valence-electron chi connectivity index (χ2n) is 7.43. The zero-order valence-corrected chi connectivity index (χ0v) is 17.1. The third-order valence-corrected chi connectivity index (χ3v) is 5.05. The summed E-state index contributed by atoms with van der Waals surface area (Å²) >= 11 is 0. The molecule has 2 aliphatic rings. The highest BCUT2D eigenvalue weighted by molar-refractivity contribution is 5.83. The Labute approximate surface area is 174 Å². The first-order valence-electron chi connectivity index (χ1n) is 10.1.